The number of halogens is 1. The highest BCUT2D eigenvalue weighted by Crippen LogP contribution is 2.32. The van der Waals surface area contributed by atoms with Crippen LogP contribution in [0.3, 0.4) is 0 Å². The van der Waals surface area contributed by atoms with Crippen molar-refractivity contribution >= 4 is 27.3 Å². The molecular formula is C13H19ClN2O2S. The van der Waals surface area contributed by atoms with Gasteiger partial charge in [-0.3, -0.25) is 0 Å². The Morgan fingerprint density at radius 1 is 1.37 bits per heavy atom. The number of rotatable bonds is 4. The largest absolute Gasteiger partial charge is 0.399 e. The molecular weight excluding hydrogens is 284 g/mol. The maximum atomic E-state index is 12.7. The number of hydrogen-bond acceptors (Lipinski definition) is 3. The highest BCUT2D eigenvalue weighted by molar-refractivity contribution is 7.89. The molecule has 0 heterocycles. The van der Waals surface area contributed by atoms with Crippen molar-refractivity contribution in [3.8, 4) is 0 Å². The Hall–Kier alpha value is -0.780. The van der Waals surface area contributed by atoms with Gasteiger partial charge in [-0.15, -0.1) is 0 Å². The van der Waals surface area contributed by atoms with Crippen molar-refractivity contribution in [3.63, 3.8) is 0 Å². The lowest BCUT2D eigenvalue weighted by atomic mass is 10.2. The molecule has 6 heteroatoms. The molecule has 1 aliphatic carbocycles. The maximum absolute atomic E-state index is 12.7. The van der Waals surface area contributed by atoms with Crippen LogP contribution in [-0.2, 0) is 10.0 Å². The van der Waals surface area contributed by atoms with Gasteiger partial charge < -0.3 is 5.73 Å². The molecule has 4 nitrogen and oxygen atoms in total. The van der Waals surface area contributed by atoms with E-state index in [1.54, 1.807) is 10.4 Å². The van der Waals surface area contributed by atoms with Crippen molar-refractivity contribution in [3.05, 3.63) is 23.2 Å². The first-order chi connectivity index (χ1) is 8.96. The van der Waals surface area contributed by atoms with Crippen molar-refractivity contribution in [2.45, 2.75) is 43.5 Å². The van der Waals surface area contributed by atoms with Crippen LogP contribution in [0.25, 0.3) is 0 Å². The first kappa shape index (κ1) is 14.6. The van der Waals surface area contributed by atoms with E-state index in [1.165, 1.54) is 12.1 Å². The summed E-state index contributed by atoms with van der Waals surface area (Å²) in [4.78, 5) is 0.150. The minimum Gasteiger partial charge on any atom is -0.399 e. The van der Waals surface area contributed by atoms with E-state index in [0.717, 1.165) is 25.7 Å². The van der Waals surface area contributed by atoms with Crippen molar-refractivity contribution in [2.75, 3.05) is 12.3 Å². The molecule has 0 bridgehead atoms. The summed E-state index contributed by atoms with van der Waals surface area (Å²) < 4.78 is 26.9. The van der Waals surface area contributed by atoms with E-state index in [0.29, 0.717) is 12.2 Å². The van der Waals surface area contributed by atoms with Gasteiger partial charge in [0.25, 0.3) is 0 Å². The first-order valence-electron chi connectivity index (χ1n) is 6.53. The SMILES string of the molecule is CCN(C1CCCC1)S(=O)(=O)c1ccc(N)cc1Cl. The summed E-state index contributed by atoms with van der Waals surface area (Å²) in [6, 6.07) is 4.65. The summed E-state index contributed by atoms with van der Waals surface area (Å²) >= 11 is 6.04. The van der Waals surface area contributed by atoms with E-state index in [4.69, 9.17) is 17.3 Å². The predicted molar refractivity (Wildman–Crippen MR) is 77.7 cm³/mol. The number of nitrogens with zero attached hydrogens (tertiary/aromatic N) is 1. The van der Waals surface area contributed by atoms with Crippen LogP contribution < -0.4 is 5.73 Å². The topological polar surface area (TPSA) is 63.4 Å². The summed E-state index contributed by atoms with van der Waals surface area (Å²) in [6.45, 7) is 2.33. The Morgan fingerprint density at radius 3 is 2.53 bits per heavy atom. The first-order valence-corrected chi connectivity index (χ1v) is 8.35. The van der Waals surface area contributed by atoms with Crippen LogP contribution in [0.1, 0.15) is 32.6 Å². The number of sulfonamides is 1. The minimum atomic E-state index is -3.54. The lowest BCUT2D eigenvalue weighted by molar-refractivity contribution is 0.335. The molecule has 1 aliphatic rings. The van der Waals surface area contributed by atoms with E-state index in [1.807, 2.05) is 6.92 Å². The molecule has 19 heavy (non-hydrogen) atoms. The van der Waals surface area contributed by atoms with Gasteiger partial charge in [0.15, 0.2) is 0 Å². The van der Waals surface area contributed by atoms with Gasteiger partial charge in [0.05, 0.1) is 5.02 Å². The minimum absolute atomic E-state index is 0.101. The van der Waals surface area contributed by atoms with E-state index in [2.05, 4.69) is 0 Å². The molecule has 2 N–H and O–H groups in total. The van der Waals surface area contributed by atoms with E-state index in [9.17, 15) is 8.42 Å². The third-order valence-corrected chi connectivity index (χ3v) is 6.10. The average Bonchev–Trinajstić information content (AvgIpc) is 2.82. The summed E-state index contributed by atoms with van der Waals surface area (Å²) in [5, 5.41) is 0.191. The maximum Gasteiger partial charge on any atom is 0.244 e. The number of hydrogen-bond donors (Lipinski definition) is 1. The molecule has 0 amide bonds. The van der Waals surface area contributed by atoms with E-state index < -0.39 is 10.0 Å². The van der Waals surface area contributed by atoms with Crippen molar-refractivity contribution in [1.29, 1.82) is 0 Å². The Morgan fingerprint density at radius 2 is 2.00 bits per heavy atom. The zero-order valence-electron chi connectivity index (χ0n) is 11.0. The lowest BCUT2D eigenvalue weighted by Gasteiger charge is -2.27. The molecule has 1 saturated carbocycles. The van der Waals surface area contributed by atoms with Gasteiger partial charge in [-0.05, 0) is 31.0 Å². The second kappa shape index (κ2) is 5.69. The van der Waals surface area contributed by atoms with Crippen LogP contribution in [-0.4, -0.2) is 25.3 Å². The van der Waals surface area contributed by atoms with Crippen molar-refractivity contribution in [2.24, 2.45) is 0 Å². The van der Waals surface area contributed by atoms with Gasteiger partial charge >= 0.3 is 0 Å². The number of benzene rings is 1. The molecule has 0 spiro atoms. The third kappa shape index (κ3) is 2.88. The predicted octanol–water partition coefficient (Wildman–Crippen LogP) is 2.88. The van der Waals surface area contributed by atoms with Crippen LogP contribution in [0, 0.1) is 0 Å². The molecule has 1 aromatic carbocycles. The van der Waals surface area contributed by atoms with Crippen LogP contribution in [0.5, 0.6) is 0 Å². The van der Waals surface area contributed by atoms with Gasteiger partial charge in [-0.25, -0.2) is 8.42 Å². The second-order valence-corrected chi connectivity index (χ2v) is 7.10. The van der Waals surface area contributed by atoms with E-state index in [-0.39, 0.29) is 16.0 Å². The van der Waals surface area contributed by atoms with Gasteiger partial charge in [-0.2, -0.15) is 4.31 Å². The Bertz CT molecular complexity index is 554. The molecule has 1 aromatic rings. The lowest BCUT2D eigenvalue weighted by Crippen LogP contribution is -2.38. The summed E-state index contributed by atoms with van der Waals surface area (Å²) in [6.07, 6.45) is 4.04. The average molecular weight is 303 g/mol. The molecule has 2 rings (SSSR count). The fourth-order valence-electron chi connectivity index (χ4n) is 2.67. The summed E-state index contributed by atoms with van der Waals surface area (Å²) in [7, 11) is -3.54. The highest BCUT2D eigenvalue weighted by Gasteiger charge is 2.33. The summed E-state index contributed by atoms with van der Waals surface area (Å²) in [5.74, 6) is 0. The zero-order chi connectivity index (χ0) is 14.0. The number of anilines is 1. The van der Waals surface area contributed by atoms with Crippen LogP contribution in [0.4, 0.5) is 5.69 Å². The third-order valence-electron chi connectivity index (χ3n) is 3.59. The van der Waals surface area contributed by atoms with Crippen LogP contribution >= 0.6 is 11.6 Å². The molecule has 0 aliphatic heterocycles. The Labute approximate surface area is 119 Å². The smallest absolute Gasteiger partial charge is 0.244 e. The highest BCUT2D eigenvalue weighted by atomic mass is 35.5. The van der Waals surface area contributed by atoms with Crippen LogP contribution in [0.15, 0.2) is 23.1 Å². The quantitative estimate of drug-likeness (QED) is 0.870. The summed E-state index contributed by atoms with van der Waals surface area (Å²) in [5.41, 5.74) is 6.07. The molecule has 1 fully saturated rings. The van der Waals surface area contributed by atoms with Crippen molar-refractivity contribution < 1.29 is 8.42 Å². The Kier molecular flexibility index (Phi) is 4.38. The normalized spacial score (nSPS) is 17.2. The molecule has 0 radical (unpaired) electrons. The zero-order valence-corrected chi connectivity index (χ0v) is 12.5. The number of nitrogen functional groups attached to an aromatic ring is 1. The van der Waals surface area contributed by atoms with Gasteiger partial charge in [-0.1, -0.05) is 31.4 Å². The van der Waals surface area contributed by atoms with Gasteiger partial charge in [0.2, 0.25) is 10.0 Å². The van der Waals surface area contributed by atoms with Gasteiger partial charge in [0, 0.05) is 18.3 Å². The molecule has 106 valence electrons. The van der Waals surface area contributed by atoms with Crippen molar-refractivity contribution in [1.82, 2.24) is 4.31 Å². The molecule has 0 aromatic heterocycles. The van der Waals surface area contributed by atoms with Crippen LogP contribution in [0.2, 0.25) is 5.02 Å². The molecule has 0 unspecified atom stereocenters. The fraction of sp³-hybridized carbons (Fsp3) is 0.538. The monoisotopic (exact) mass is 302 g/mol. The standard InChI is InChI=1S/C13H19ClN2O2S/c1-2-16(11-5-3-4-6-11)19(17,18)13-8-7-10(15)9-12(13)14/h7-9,11H,2-6,15H2,1H3. The Balaban J connectivity index is 2.39. The van der Waals surface area contributed by atoms with Gasteiger partial charge in [0.1, 0.15) is 4.90 Å². The molecule has 0 saturated heterocycles. The number of nitrogens with two attached hydrogens (primary N) is 1. The fourth-order valence-corrected chi connectivity index (χ4v) is 4.89. The second-order valence-electron chi connectivity index (χ2n) is 4.84. The van der Waals surface area contributed by atoms with E-state index >= 15 is 0 Å². The molecule has 0 atom stereocenters.